The second-order valence-corrected chi connectivity index (χ2v) is 7.06. The number of benzene rings is 1. The summed E-state index contributed by atoms with van der Waals surface area (Å²) in [6.45, 7) is 5.33. The Morgan fingerprint density at radius 2 is 1.84 bits per heavy atom. The smallest absolute Gasteiger partial charge is 0.137 e. The van der Waals surface area contributed by atoms with Gasteiger partial charge in [0.2, 0.25) is 0 Å². The number of hydrogen-bond donors (Lipinski definition) is 1. The summed E-state index contributed by atoms with van der Waals surface area (Å²) in [5.74, 6) is 0.564. The highest BCUT2D eigenvalue weighted by Crippen LogP contribution is 2.28. The Morgan fingerprint density at radius 1 is 1.12 bits per heavy atom. The van der Waals surface area contributed by atoms with Crippen LogP contribution in [0.5, 0.6) is 0 Å². The van der Waals surface area contributed by atoms with Crippen LogP contribution in [0, 0.1) is 11.7 Å². The van der Waals surface area contributed by atoms with Gasteiger partial charge in [-0.1, -0.05) is 6.92 Å². The molecule has 1 aliphatic heterocycles. The van der Waals surface area contributed by atoms with Crippen molar-refractivity contribution in [2.75, 3.05) is 18.8 Å². The zero-order valence-electron chi connectivity index (χ0n) is 14.5. The normalized spacial score (nSPS) is 16.6. The number of anilines is 1. The van der Waals surface area contributed by atoms with Gasteiger partial charge in [-0.25, -0.2) is 9.37 Å². The van der Waals surface area contributed by atoms with Gasteiger partial charge in [-0.3, -0.25) is 4.90 Å². The molecule has 4 nitrogen and oxygen atoms in total. The van der Waals surface area contributed by atoms with E-state index in [0.29, 0.717) is 5.69 Å². The van der Waals surface area contributed by atoms with Crippen molar-refractivity contribution in [2.45, 2.75) is 26.3 Å². The molecule has 1 saturated heterocycles. The maximum atomic E-state index is 13.3. The summed E-state index contributed by atoms with van der Waals surface area (Å²) in [5, 5.41) is 0. The van der Waals surface area contributed by atoms with Gasteiger partial charge < -0.3 is 10.1 Å². The molecule has 25 heavy (non-hydrogen) atoms. The second-order valence-electron chi connectivity index (χ2n) is 7.06. The van der Waals surface area contributed by atoms with Crippen molar-refractivity contribution in [3.05, 3.63) is 54.1 Å². The molecule has 0 aliphatic carbocycles. The maximum absolute atomic E-state index is 13.3. The predicted octanol–water partition coefficient (Wildman–Crippen LogP) is 3.95. The van der Waals surface area contributed by atoms with Crippen molar-refractivity contribution in [3.63, 3.8) is 0 Å². The van der Waals surface area contributed by atoms with E-state index in [1.165, 1.54) is 25.0 Å². The first-order valence-electron chi connectivity index (χ1n) is 8.85. The first kappa shape index (κ1) is 16.1. The summed E-state index contributed by atoms with van der Waals surface area (Å²) in [5.41, 5.74) is 10.5. The Hall–Kier alpha value is -2.40. The van der Waals surface area contributed by atoms with Crippen LogP contribution in [0.4, 0.5) is 10.1 Å². The molecule has 1 aromatic carbocycles. The van der Waals surface area contributed by atoms with E-state index >= 15 is 0 Å². The fraction of sp³-hybridized carbons (Fsp3) is 0.350. The fourth-order valence-corrected chi connectivity index (χ4v) is 3.53. The molecule has 0 spiro atoms. The molecule has 0 atom stereocenters. The van der Waals surface area contributed by atoms with Gasteiger partial charge in [0.05, 0.1) is 11.4 Å². The summed E-state index contributed by atoms with van der Waals surface area (Å²) >= 11 is 0. The first-order chi connectivity index (χ1) is 12.1. The molecule has 3 aromatic rings. The number of nitrogen functional groups attached to an aromatic ring is 1. The number of piperidine rings is 1. The minimum atomic E-state index is -0.233. The van der Waals surface area contributed by atoms with Crippen LogP contribution in [-0.2, 0) is 6.54 Å². The van der Waals surface area contributed by atoms with E-state index < -0.39 is 0 Å². The zero-order valence-corrected chi connectivity index (χ0v) is 14.5. The molecule has 4 rings (SSSR count). The highest BCUT2D eigenvalue weighted by Gasteiger charge is 2.20. The summed E-state index contributed by atoms with van der Waals surface area (Å²) in [7, 11) is 0. The van der Waals surface area contributed by atoms with E-state index in [1.807, 2.05) is 18.3 Å². The molecular weight excluding hydrogens is 315 g/mol. The maximum Gasteiger partial charge on any atom is 0.137 e. The number of imidazole rings is 1. The third-order valence-corrected chi connectivity index (χ3v) is 5.11. The number of hydrogen-bond acceptors (Lipinski definition) is 3. The van der Waals surface area contributed by atoms with Crippen molar-refractivity contribution < 1.29 is 4.39 Å². The Morgan fingerprint density at radius 3 is 2.56 bits per heavy atom. The topological polar surface area (TPSA) is 46.6 Å². The van der Waals surface area contributed by atoms with Crippen LogP contribution in [0.3, 0.4) is 0 Å². The largest absolute Gasteiger partial charge is 0.398 e. The summed E-state index contributed by atoms with van der Waals surface area (Å²) < 4.78 is 15.4. The molecule has 0 bridgehead atoms. The Kier molecular flexibility index (Phi) is 4.17. The van der Waals surface area contributed by atoms with Crippen molar-refractivity contribution in [1.82, 2.24) is 14.3 Å². The number of aromatic nitrogens is 2. The standard InChI is InChI=1S/C20H23FN4/c1-14-8-10-24(11-9-14)13-18-20(15-2-4-16(21)5-3-15)23-19-7-6-17(22)12-25(18)19/h2-7,12,14H,8-11,13,22H2,1H3. The predicted molar refractivity (Wildman–Crippen MR) is 98.7 cm³/mol. The Balaban J connectivity index is 1.77. The average molecular weight is 338 g/mol. The second kappa shape index (κ2) is 6.48. The number of nitrogens with zero attached hydrogens (tertiary/aromatic N) is 3. The van der Waals surface area contributed by atoms with Crippen LogP contribution in [0.25, 0.3) is 16.9 Å². The van der Waals surface area contributed by atoms with Crippen LogP contribution in [0.15, 0.2) is 42.6 Å². The quantitative estimate of drug-likeness (QED) is 0.786. The highest BCUT2D eigenvalue weighted by molar-refractivity contribution is 5.67. The lowest BCUT2D eigenvalue weighted by molar-refractivity contribution is 0.183. The molecule has 3 heterocycles. The molecule has 130 valence electrons. The summed E-state index contributed by atoms with van der Waals surface area (Å²) in [6, 6.07) is 10.4. The van der Waals surface area contributed by atoms with Crippen LogP contribution in [-0.4, -0.2) is 27.4 Å². The molecule has 2 aromatic heterocycles. The van der Waals surface area contributed by atoms with Crippen molar-refractivity contribution >= 4 is 11.3 Å². The van der Waals surface area contributed by atoms with Gasteiger partial charge in [0, 0.05) is 24.0 Å². The minimum Gasteiger partial charge on any atom is -0.398 e. The number of rotatable bonds is 3. The molecular formula is C20H23FN4. The SMILES string of the molecule is CC1CCN(Cc2c(-c3ccc(F)cc3)nc3ccc(N)cn23)CC1. The molecule has 1 fully saturated rings. The number of likely N-dealkylation sites (tertiary alicyclic amines) is 1. The summed E-state index contributed by atoms with van der Waals surface area (Å²) in [4.78, 5) is 7.26. The van der Waals surface area contributed by atoms with E-state index in [2.05, 4.69) is 16.2 Å². The van der Waals surface area contributed by atoms with E-state index in [4.69, 9.17) is 10.7 Å². The number of fused-ring (bicyclic) bond motifs is 1. The van der Waals surface area contributed by atoms with Crippen LogP contribution in [0.1, 0.15) is 25.5 Å². The van der Waals surface area contributed by atoms with Gasteiger partial charge in [0.25, 0.3) is 0 Å². The number of halogens is 1. The zero-order chi connectivity index (χ0) is 17.4. The first-order valence-corrected chi connectivity index (χ1v) is 8.85. The van der Waals surface area contributed by atoms with Crippen LogP contribution in [0.2, 0.25) is 0 Å². The van der Waals surface area contributed by atoms with Gasteiger partial charge in [-0.2, -0.15) is 0 Å². The lowest BCUT2D eigenvalue weighted by atomic mass is 9.99. The molecule has 0 amide bonds. The Bertz CT molecular complexity index is 877. The van der Waals surface area contributed by atoms with Gasteiger partial charge in [-0.05, 0) is 68.2 Å². The average Bonchev–Trinajstić information content (AvgIpc) is 2.95. The summed E-state index contributed by atoms with van der Waals surface area (Å²) in [6.07, 6.45) is 4.38. The van der Waals surface area contributed by atoms with Gasteiger partial charge in [0.1, 0.15) is 11.5 Å². The van der Waals surface area contributed by atoms with Gasteiger partial charge in [0.15, 0.2) is 0 Å². The third-order valence-electron chi connectivity index (χ3n) is 5.11. The third kappa shape index (κ3) is 3.24. The molecule has 2 N–H and O–H groups in total. The van der Waals surface area contributed by atoms with E-state index in [-0.39, 0.29) is 5.82 Å². The molecule has 0 radical (unpaired) electrons. The monoisotopic (exact) mass is 338 g/mol. The molecule has 0 unspecified atom stereocenters. The minimum absolute atomic E-state index is 0.233. The van der Waals surface area contributed by atoms with E-state index in [9.17, 15) is 4.39 Å². The Labute approximate surface area is 147 Å². The van der Waals surface area contributed by atoms with Gasteiger partial charge in [-0.15, -0.1) is 0 Å². The number of nitrogens with two attached hydrogens (primary N) is 1. The molecule has 0 saturated carbocycles. The van der Waals surface area contributed by atoms with E-state index in [1.54, 1.807) is 12.1 Å². The lowest BCUT2D eigenvalue weighted by Crippen LogP contribution is -2.32. The van der Waals surface area contributed by atoms with Crippen molar-refractivity contribution in [3.8, 4) is 11.3 Å². The highest BCUT2D eigenvalue weighted by atomic mass is 19.1. The van der Waals surface area contributed by atoms with Crippen molar-refractivity contribution in [1.29, 1.82) is 0 Å². The van der Waals surface area contributed by atoms with Gasteiger partial charge >= 0.3 is 0 Å². The molecule has 1 aliphatic rings. The van der Waals surface area contributed by atoms with E-state index in [0.717, 1.165) is 48.2 Å². The van der Waals surface area contributed by atoms with Crippen LogP contribution < -0.4 is 5.73 Å². The molecule has 5 heteroatoms. The van der Waals surface area contributed by atoms with Crippen molar-refractivity contribution in [2.24, 2.45) is 5.92 Å². The number of pyridine rings is 1. The lowest BCUT2D eigenvalue weighted by Gasteiger charge is -2.30. The fourth-order valence-electron chi connectivity index (χ4n) is 3.53. The van der Waals surface area contributed by atoms with Crippen LogP contribution >= 0.6 is 0 Å².